The number of pyridine rings is 2. The Morgan fingerprint density at radius 1 is 1.27 bits per heavy atom. The van der Waals surface area contributed by atoms with Crippen molar-refractivity contribution in [1.82, 2.24) is 14.7 Å². The second kappa shape index (κ2) is 7.87. The van der Waals surface area contributed by atoms with Crippen LogP contribution in [-0.2, 0) is 10.0 Å². The molecule has 3 rings (SSSR count). The molecule has 0 radical (unpaired) electrons. The lowest BCUT2D eigenvalue weighted by molar-refractivity contribution is 0.290. The highest BCUT2D eigenvalue weighted by Crippen LogP contribution is 2.24. The Morgan fingerprint density at radius 3 is 2.85 bits per heavy atom. The Labute approximate surface area is 164 Å². The van der Waals surface area contributed by atoms with Crippen LogP contribution in [0.2, 0.25) is 5.15 Å². The standard InChI is InChI=1S/C17H15BrClN3O3S/c1-11(22-26(23,24)12-8-14(18)17(19)21-9-12)10-25-16-6-2-5-15-13(16)4-3-7-20-15/h2-9,11,22H,10H2,1H3/t11-/m0/s1. The fourth-order valence-electron chi connectivity index (χ4n) is 2.33. The minimum atomic E-state index is -3.74. The molecular weight excluding hydrogens is 442 g/mol. The molecule has 26 heavy (non-hydrogen) atoms. The first kappa shape index (κ1) is 19.0. The van der Waals surface area contributed by atoms with E-state index in [4.69, 9.17) is 16.3 Å². The van der Waals surface area contributed by atoms with Crippen LogP contribution in [0.25, 0.3) is 10.9 Å². The Hall–Kier alpha value is -1.74. The topological polar surface area (TPSA) is 81.2 Å². The van der Waals surface area contributed by atoms with Gasteiger partial charge in [0.1, 0.15) is 22.4 Å². The summed E-state index contributed by atoms with van der Waals surface area (Å²) in [6, 6.07) is 10.2. The van der Waals surface area contributed by atoms with E-state index in [1.807, 2.05) is 30.3 Å². The molecule has 0 aliphatic heterocycles. The maximum absolute atomic E-state index is 12.4. The summed E-state index contributed by atoms with van der Waals surface area (Å²) in [5.41, 5.74) is 0.815. The summed E-state index contributed by atoms with van der Waals surface area (Å²) in [6.07, 6.45) is 2.92. The molecule has 1 N–H and O–H groups in total. The number of nitrogens with one attached hydrogen (secondary N) is 1. The highest BCUT2D eigenvalue weighted by atomic mass is 79.9. The number of ether oxygens (including phenoxy) is 1. The molecule has 0 aliphatic rings. The van der Waals surface area contributed by atoms with E-state index in [9.17, 15) is 8.42 Å². The molecule has 0 unspecified atom stereocenters. The van der Waals surface area contributed by atoms with Crippen LogP contribution in [0, 0.1) is 0 Å². The number of rotatable bonds is 6. The van der Waals surface area contributed by atoms with E-state index in [0.717, 1.165) is 10.9 Å². The summed E-state index contributed by atoms with van der Waals surface area (Å²) in [5.74, 6) is 0.651. The maximum Gasteiger partial charge on any atom is 0.242 e. The van der Waals surface area contributed by atoms with Crippen molar-refractivity contribution in [3.05, 3.63) is 58.4 Å². The third-order valence-electron chi connectivity index (χ3n) is 3.53. The molecular formula is C17H15BrClN3O3S. The van der Waals surface area contributed by atoms with Crippen LogP contribution in [0.4, 0.5) is 0 Å². The fraction of sp³-hybridized carbons (Fsp3) is 0.176. The van der Waals surface area contributed by atoms with Crippen molar-refractivity contribution in [2.45, 2.75) is 17.9 Å². The van der Waals surface area contributed by atoms with E-state index >= 15 is 0 Å². The molecule has 0 fully saturated rings. The summed E-state index contributed by atoms with van der Waals surface area (Å²) >= 11 is 8.98. The average molecular weight is 457 g/mol. The zero-order valence-corrected chi connectivity index (χ0v) is 16.8. The lowest BCUT2D eigenvalue weighted by Gasteiger charge is -2.16. The van der Waals surface area contributed by atoms with E-state index in [-0.39, 0.29) is 16.7 Å². The monoisotopic (exact) mass is 455 g/mol. The van der Waals surface area contributed by atoms with E-state index < -0.39 is 16.1 Å². The van der Waals surface area contributed by atoms with E-state index in [2.05, 4.69) is 30.6 Å². The SMILES string of the molecule is C[C@@H](COc1cccc2ncccc12)NS(=O)(=O)c1cnc(Cl)c(Br)c1. The Bertz CT molecular complexity index is 1040. The van der Waals surface area contributed by atoms with Crippen molar-refractivity contribution < 1.29 is 13.2 Å². The van der Waals surface area contributed by atoms with Gasteiger partial charge in [0.15, 0.2) is 0 Å². The van der Waals surface area contributed by atoms with Crippen molar-refractivity contribution in [3.8, 4) is 5.75 Å². The van der Waals surface area contributed by atoms with Crippen molar-refractivity contribution in [2.24, 2.45) is 0 Å². The zero-order valence-electron chi connectivity index (χ0n) is 13.7. The molecule has 0 aliphatic carbocycles. The number of nitrogens with zero attached hydrogens (tertiary/aromatic N) is 2. The molecule has 2 heterocycles. The number of aromatic nitrogens is 2. The van der Waals surface area contributed by atoms with Crippen molar-refractivity contribution in [2.75, 3.05) is 6.61 Å². The Kier molecular flexibility index (Phi) is 5.76. The van der Waals surface area contributed by atoms with E-state index in [1.165, 1.54) is 12.3 Å². The van der Waals surface area contributed by atoms with Gasteiger partial charge in [-0.05, 0) is 53.2 Å². The Balaban J connectivity index is 1.70. The van der Waals surface area contributed by atoms with Gasteiger partial charge < -0.3 is 4.74 Å². The highest BCUT2D eigenvalue weighted by molar-refractivity contribution is 9.10. The van der Waals surface area contributed by atoms with Gasteiger partial charge in [0, 0.05) is 17.8 Å². The van der Waals surface area contributed by atoms with Gasteiger partial charge in [0.2, 0.25) is 10.0 Å². The average Bonchev–Trinajstić information content (AvgIpc) is 2.61. The molecule has 136 valence electrons. The molecule has 1 atom stereocenters. The fourth-order valence-corrected chi connectivity index (χ4v) is 4.14. The first-order valence-electron chi connectivity index (χ1n) is 7.67. The third kappa shape index (κ3) is 4.32. The summed E-state index contributed by atoms with van der Waals surface area (Å²) in [7, 11) is -3.74. The van der Waals surface area contributed by atoms with E-state index in [1.54, 1.807) is 13.1 Å². The third-order valence-corrected chi connectivity index (χ3v) is 6.22. The van der Waals surface area contributed by atoms with Crippen molar-refractivity contribution in [1.29, 1.82) is 0 Å². The lowest BCUT2D eigenvalue weighted by Crippen LogP contribution is -2.36. The number of sulfonamides is 1. The molecule has 3 aromatic rings. The summed E-state index contributed by atoms with van der Waals surface area (Å²) in [5, 5.41) is 1.07. The minimum Gasteiger partial charge on any atom is -0.491 e. The Morgan fingerprint density at radius 2 is 2.08 bits per heavy atom. The highest BCUT2D eigenvalue weighted by Gasteiger charge is 2.19. The van der Waals surface area contributed by atoms with Gasteiger partial charge in [-0.2, -0.15) is 0 Å². The van der Waals surface area contributed by atoms with E-state index in [0.29, 0.717) is 10.2 Å². The van der Waals surface area contributed by atoms with Gasteiger partial charge in [0.25, 0.3) is 0 Å². The first-order chi connectivity index (χ1) is 12.4. The molecule has 0 saturated carbocycles. The summed E-state index contributed by atoms with van der Waals surface area (Å²) in [4.78, 5) is 8.13. The van der Waals surface area contributed by atoms with Crippen molar-refractivity contribution >= 4 is 48.5 Å². The normalized spacial score (nSPS) is 12.9. The van der Waals surface area contributed by atoms with Crippen LogP contribution < -0.4 is 9.46 Å². The molecule has 0 saturated heterocycles. The van der Waals surface area contributed by atoms with Crippen LogP contribution in [-0.4, -0.2) is 31.0 Å². The van der Waals surface area contributed by atoms with Gasteiger partial charge in [-0.25, -0.2) is 18.1 Å². The predicted octanol–water partition coefficient (Wildman–Crippen LogP) is 3.79. The number of benzene rings is 1. The second-order valence-corrected chi connectivity index (χ2v) is 8.53. The van der Waals surface area contributed by atoms with Gasteiger partial charge in [-0.1, -0.05) is 17.7 Å². The van der Waals surface area contributed by atoms with Crippen molar-refractivity contribution in [3.63, 3.8) is 0 Å². The van der Waals surface area contributed by atoms with Crippen LogP contribution in [0.3, 0.4) is 0 Å². The molecule has 1 aromatic carbocycles. The van der Waals surface area contributed by atoms with Gasteiger partial charge >= 0.3 is 0 Å². The van der Waals surface area contributed by atoms with Crippen LogP contribution in [0.1, 0.15) is 6.92 Å². The maximum atomic E-state index is 12.4. The molecule has 0 bridgehead atoms. The van der Waals surface area contributed by atoms with Gasteiger partial charge in [0.05, 0.1) is 16.0 Å². The van der Waals surface area contributed by atoms with Crippen LogP contribution in [0.5, 0.6) is 5.75 Å². The number of hydrogen-bond acceptors (Lipinski definition) is 5. The van der Waals surface area contributed by atoms with Gasteiger partial charge in [-0.3, -0.25) is 4.98 Å². The first-order valence-corrected chi connectivity index (χ1v) is 10.3. The summed E-state index contributed by atoms with van der Waals surface area (Å²) < 4.78 is 33.7. The lowest BCUT2D eigenvalue weighted by atomic mass is 10.2. The minimum absolute atomic E-state index is 0.0231. The smallest absolute Gasteiger partial charge is 0.242 e. The number of halogens is 2. The molecule has 2 aromatic heterocycles. The number of hydrogen-bond donors (Lipinski definition) is 1. The predicted molar refractivity (Wildman–Crippen MR) is 104 cm³/mol. The van der Waals surface area contributed by atoms with Gasteiger partial charge in [-0.15, -0.1) is 0 Å². The van der Waals surface area contributed by atoms with Crippen LogP contribution >= 0.6 is 27.5 Å². The molecule has 0 spiro atoms. The molecule has 9 heteroatoms. The van der Waals surface area contributed by atoms with Crippen LogP contribution in [0.15, 0.2) is 58.2 Å². The second-order valence-electron chi connectivity index (χ2n) is 5.60. The molecule has 0 amide bonds. The molecule has 6 nitrogen and oxygen atoms in total. The quantitative estimate of drug-likeness (QED) is 0.571. The summed E-state index contributed by atoms with van der Waals surface area (Å²) in [6.45, 7) is 1.88. The largest absolute Gasteiger partial charge is 0.491 e. The zero-order chi connectivity index (χ0) is 18.7. The number of fused-ring (bicyclic) bond motifs is 1.